The third-order valence-corrected chi connectivity index (χ3v) is 3.19. The van der Waals surface area contributed by atoms with E-state index in [2.05, 4.69) is 28.8 Å². The van der Waals surface area contributed by atoms with Crippen LogP contribution in [0.1, 0.15) is 32.6 Å². The fraction of sp³-hybridized carbons (Fsp3) is 0.533. The van der Waals surface area contributed by atoms with Gasteiger partial charge in [0.05, 0.1) is 13.2 Å². The maximum absolute atomic E-state index is 11.3. The van der Waals surface area contributed by atoms with Crippen LogP contribution in [-0.2, 0) is 4.74 Å². The van der Waals surface area contributed by atoms with Crippen LogP contribution in [0.3, 0.4) is 0 Å². The molecule has 0 bridgehead atoms. The molecular formula is C15H23NO3. The van der Waals surface area contributed by atoms with Crippen LogP contribution in [0, 0.1) is 0 Å². The third kappa shape index (κ3) is 5.75. The molecular weight excluding hydrogens is 242 g/mol. The van der Waals surface area contributed by atoms with Gasteiger partial charge in [-0.2, -0.15) is 0 Å². The minimum Gasteiger partial charge on any atom is -0.453 e. The summed E-state index contributed by atoms with van der Waals surface area (Å²) in [5, 5.41) is 12.7. The fourth-order valence-corrected chi connectivity index (χ4v) is 2.03. The highest BCUT2D eigenvalue weighted by atomic mass is 16.5. The molecule has 0 radical (unpaired) electrons. The van der Waals surface area contributed by atoms with Crippen LogP contribution < -0.4 is 5.32 Å². The molecule has 0 aromatic heterocycles. The Morgan fingerprint density at radius 2 is 2.37 bits per heavy atom. The van der Waals surface area contributed by atoms with Crippen LogP contribution in [0.4, 0.5) is 4.79 Å². The predicted octanol–water partition coefficient (Wildman–Crippen LogP) is 2.70. The van der Waals surface area contributed by atoms with E-state index in [1.54, 1.807) is 6.92 Å². The highest BCUT2D eigenvalue weighted by molar-refractivity contribution is 5.67. The van der Waals surface area contributed by atoms with Crippen molar-refractivity contribution in [1.82, 2.24) is 5.32 Å². The average molecular weight is 265 g/mol. The molecule has 0 spiro atoms. The summed E-state index contributed by atoms with van der Waals surface area (Å²) in [7, 11) is 1.34. The first-order valence-corrected chi connectivity index (χ1v) is 6.55. The molecule has 0 aliphatic heterocycles. The summed E-state index contributed by atoms with van der Waals surface area (Å²) in [5.74, 6) is 0. The van der Waals surface area contributed by atoms with Gasteiger partial charge < -0.3 is 15.2 Å². The smallest absolute Gasteiger partial charge is 0.407 e. The van der Waals surface area contributed by atoms with Crippen molar-refractivity contribution >= 4 is 6.09 Å². The lowest BCUT2D eigenvalue weighted by atomic mass is 9.94. The second-order valence-corrected chi connectivity index (χ2v) is 4.93. The van der Waals surface area contributed by atoms with E-state index >= 15 is 0 Å². The zero-order valence-corrected chi connectivity index (χ0v) is 11.7. The Hall–Kier alpha value is -1.55. The molecule has 0 fully saturated rings. The first kappa shape index (κ1) is 15.5. The maximum atomic E-state index is 11.3. The maximum Gasteiger partial charge on any atom is 0.407 e. The lowest BCUT2D eigenvalue weighted by Gasteiger charge is -2.23. The first-order valence-electron chi connectivity index (χ1n) is 6.55. The number of hydrogen-bond donors (Lipinski definition) is 2. The number of aliphatic hydroxyl groups excluding tert-OH is 1. The van der Waals surface area contributed by atoms with Crippen molar-refractivity contribution in [1.29, 1.82) is 0 Å². The van der Waals surface area contributed by atoms with Gasteiger partial charge in [0.1, 0.15) is 0 Å². The summed E-state index contributed by atoms with van der Waals surface area (Å²) >= 11 is 0. The molecule has 0 saturated heterocycles. The molecule has 1 unspecified atom stereocenters. The van der Waals surface area contributed by atoms with E-state index < -0.39 is 12.2 Å². The second kappa shape index (κ2) is 7.79. The van der Waals surface area contributed by atoms with Crippen LogP contribution >= 0.6 is 0 Å². The van der Waals surface area contributed by atoms with Gasteiger partial charge in [0.25, 0.3) is 0 Å². The van der Waals surface area contributed by atoms with E-state index in [0.29, 0.717) is 12.0 Å². The highest BCUT2D eigenvalue weighted by Gasteiger charge is 2.19. The molecule has 19 heavy (non-hydrogen) atoms. The number of ether oxygens (including phenoxy) is 1. The Labute approximate surface area is 114 Å². The Balaban J connectivity index is 2.62. The molecule has 1 aliphatic carbocycles. The van der Waals surface area contributed by atoms with Crippen LogP contribution in [0.15, 0.2) is 36.0 Å². The first-order chi connectivity index (χ1) is 9.02. The monoisotopic (exact) mass is 265 g/mol. The molecule has 4 heteroatoms. The molecule has 0 aromatic carbocycles. The molecule has 0 aromatic rings. The quantitative estimate of drug-likeness (QED) is 0.726. The number of carbonyl (C=O) groups is 1. The molecule has 0 heterocycles. The van der Waals surface area contributed by atoms with Crippen molar-refractivity contribution in [2.75, 3.05) is 7.11 Å². The number of rotatable bonds is 6. The topological polar surface area (TPSA) is 58.6 Å². The molecule has 1 aliphatic rings. The minimum atomic E-state index is -0.609. The standard InChI is InChI=1S/C15H23NO3/c1-11(2)14(17)10-13(16-15(18)19-3)9-12-7-5-4-6-8-12/h4-5,7,13-14,17H,1,6,8-10H2,2-3H3,(H,16,18)/t13-,14?/m1/s1. The number of allylic oxidation sites excluding steroid dienone is 3. The largest absolute Gasteiger partial charge is 0.453 e. The number of amides is 1. The normalized spacial score (nSPS) is 17.3. The van der Waals surface area contributed by atoms with Gasteiger partial charge in [-0.25, -0.2) is 4.79 Å². The van der Waals surface area contributed by atoms with E-state index in [1.807, 2.05) is 6.08 Å². The van der Waals surface area contributed by atoms with Gasteiger partial charge in [-0.1, -0.05) is 36.0 Å². The van der Waals surface area contributed by atoms with Gasteiger partial charge in [0.15, 0.2) is 0 Å². The summed E-state index contributed by atoms with van der Waals surface area (Å²) in [4.78, 5) is 11.3. The van der Waals surface area contributed by atoms with E-state index in [0.717, 1.165) is 19.3 Å². The van der Waals surface area contributed by atoms with Crippen molar-refractivity contribution < 1.29 is 14.6 Å². The third-order valence-electron chi connectivity index (χ3n) is 3.19. The van der Waals surface area contributed by atoms with Crippen LogP contribution in [-0.4, -0.2) is 30.5 Å². The van der Waals surface area contributed by atoms with E-state index in [-0.39, 0.29) is 6.04 Å². The van der Waals surface area contributed by atoms with Crippen molar-refractivity contribution in [3.8, 4) is 0 Å². The lowest BCUT2D eigenvalue weighted by molar-refractivity contribution is 0.153. The van der Waals surface area contributed by atoms with Crippen LogP contribution in [0.2, 0.25) is 0 Å². The van der Waals surface area contributed by atoms with Gasteiger partial charge in [-0.05, 0) is 32.6 Å². The predicted molar refractivity (Wildman–Crippen MR) is 75.8 cm³/mol. The van der Waals surface area contributed by atoms with Gasteiger partial charge >= 0.3 is 6.09 Å². The zero-order valence-electron chi connectivity index (χ0n) is 11.7. The Morgan fingerprint density at radius 1 is 1.63 bits per heavy atom. The van der Waals surface area contributed by atoms with Gasteiger partial charge in [-0.15, -0.1) is 0 Å². The summed E-state index contributed by atoms with van der Waals surface area (Å²) in [6.07, 6.45) is 8.35. The number of carbonyl (C=O) groups excluding carboxylic acids is 1. The van der Waals surface area contributed by atoms with Crippen molar-refractivity contribution in [2.24, 2.45) is 0 Å². The van der Waals surface area contributed by atoms with Crippen LogP contribution in [0.25, 0.3) is 0 Å². The van der Waals surface area contributed by atoms with Crippen molar-refractivity contribution in [3.63, 3.8) is 0 Å². The van der Waals surface area contributed by atoms with E-state index in [4.69, 9.17) is 0 Å². The number of alkyl carbamates (subject to hydrolysis) is 1. The van der Waals surface area contributed by atoms with E-state index in [1.165, 1.54) is 12.7 Å². The molecule has 4 nitrogen and oxygen atoms in total. The Bertz CT molecular complexity index is 385. The Kier molecular flexibility index (Phi) is 6.36. The van der Waals surface area contributed by atoms with Crippen LogP contribution in [0.5, 0.6) is 0 Å². The second-order valence-electron chi connectivity index (χ2n) is 4.93. The van der Waals surface area contributed by atoms with Crippen molar-refractivity contribution in [3.05, 3.63) is 36.0 Å². The average Bonchev–Trinajstić information content (AvgIpc) is 2.39. The molecule has 2 N–H and O–H groups in total. The van der Waals surface area contributed by atoms with Gasteiger partial charge in [0, 0.05) is 6.04 Å². The summed E-state index contributed by atoms with van der Waals surface area (Å²) in [6.45, 7) is 5.51. The van der Waals surface area contributed by atoms with E-state index in [9.17, 15) is 9.90 Å². The van der Waals surface area contributed by atoms with Gasteiger partial charge in [0.2, 0.25) is 0 Å². The molecule has 0 saturated carbocycles. The Morgan fingerprint density at radius 3 is 2.89 bits per heavy atom. The highest BCUT2D eigenvalue weighted by Crippen LogP contribution is 2.20. The minimum absolute atomic E-state index is 0.142. The fourth-order valence-electron chi connectivity index (χ4n) is 2.03. The molecule has 1 amide bonds. The number of nitrogens with one attached hydrogen (secondary N) is 1. The molecule has 2 atom stereocenters. The summed E-state index contributed by atoms with van der Waals surface area (Å²) in [5.41, 5.74) is 1.98. The zero-order chi connectivity index (χ0) is 14.3. The molecule has 1 rings (SSSR count). The van der Waals surface area contributed by atoms with Gasteiger partial charge in [-0.3, -0.25) is 0 Å². The summed E-state index contributed by atoms with van der Waals surface area (Å²) in [6, 6.07) is -0.142. The van der Waals surface area contributed by atoms with Crippen molar-refractivity contribution in [2.45, 2.75) is 44.8 Å². The summed E-state index contributed by atoms with van der Waals surface area (Å²) < 4.78 is 4.62. The number of aliphatic hydroxyl groups is 1. The molecule has 106 valence electrons. The number of methoxy groups -OCH3 is 1. The SMILES string of the molecule is C=C(C)C(O)C[C@@H](CC1=CC=CCC1)NC(=O)OC. The number of hydrogen-bond acceptors (Lipinski definition) is 3. The lowest BCUT2D eigenvalue weighted by Crippen LogP contribution is -2.37.